The van der Waals surface area contributed by atoms with Crippen LogP contribution in [0.5, 0.6) is 5.75 Å². The highest BCUT2D eigenvalue weighted by molar-refractivity contribution is 5.74. The molecular weight excluding hydrogens is 308 g/mol. The number of methoxy groups -OCH3 is 2. The van der Waals surface area contributed by atoms with Gasteiger partial charge in [0.1, 0.15) is 12.4 Å². The molecule has 0 aliphatic carbocycles. The molecule has 2 rings (SSSR count). The maximum Gasteiger partial charge on any atom is 0.310 e. The summed E-state index contributed by atoms with van der Waals surface area (Å²) in [5.41, 5.74) is 1.39. The largest absolute Gasteiger partial charge is 0.491 e. The molecule has 130 valence electrons. The molecule has 0 bridgehead atoms. The highest BCUT2D eigenvalue weighted by Gasteiger charge is 2.32. The van der Waals surface area contributed by atoms with Gasteiger partial charge in [-0.25, -0.2) is 0 Å². The second-order valence-electron chi connectivity index (χ2n) is 5.81. The summed E-state index contributed by atoms with van der Waals surface area (Å²) in [6.07, 6.45) is 2.47. The molecule has 0 saturated carbocycles. The topological polar surface area (TPSA) is 80.6 Å². The maximum absolute atomic E-state index is 12.2. The summed E-state index contributed by atoms with van der Waals surface area (Å²) in [7, 11) is 3.02. The molecule has 1 saturated heterocycles. The van der Waals surface area contributed by atoms with Crippen LogP contribution in [-0.2, 0) is 20.7 Å². The normalized spacial score (nSPS) is 18.0. The van der Waals surface area contributed by atoms with E-state index in [4.69, 9.17) is 19.5 Å². The Morgan fingerprint density at radius 1 is 1.42 bits per heavy atom. The zero-order chi connectivity index (χ0) is 17.4. The van der Waals surface area contributed by atoms with Gasteiger partial charge in [0.15, 0.2) is 0 Å². The zero-order valence-electron chi connectivity index (χ0n) is 14.2. The molecule has 1 unspecified atom stereocenters. The number of ether oxygens (including phenoxy) is 3. The minimum Gasteiger partial charge on any atom is -0.491 e. The number of carbonyl (C=O) groups excluding carboxylic acids is 1. The van der Waals surface area contributed by atoms with Gasteiger partial charge in [-0.2, -0.15) is 5.26 Å². The number of esters is 1. The van der Waals surface area contributed by atoms with Gasteiger partial charge in [-0.3, -0.25) is 4.79 Å². The van der Waals surface area contributed by atoms with Crippen molar-refractivity contribution in [1.82, 2.24) is 5.32 Å². The van der Waals surface area contributed by atoms with E-state index in [9.17, 15) is 4.79 Å². The number of hydrogen-bond donors (Lipinski definition) is 1. The van der Waals surface area contributed by atoms with Crippen LogP contribution in [0.2, 0.25) is 0 Å². The lowest BCUT2D eigenvalue weighted by Crippen LogP contribution is -2.37. The van der Waals surface area contributed by atoms with Crippen LogP contribution < -0.4 is 10.1 Å². The summed E-state index contributed by atoms with van der Waals surface area (Å²) in [5, 5.41) is 12.5. The van der Waals surface area contributed by atoms with Crippen molar-refractivity contribution in [2.75, 3.05) is 34.0 Å². The molecule has 0 radical (unpaired) electrons. The summed E-state index contributed by atoms with van der Waals surface area (Å²) in [6, 6.07) is 7.51. The minimum absolute atomic E-state index is 0.0926. The molecule has 2 atom stereocenters. The molecule has 1 aliphatic rings. The molecule has 1 N–H and O–H groups in total. The fourth-order valence-electron chi connectivity index (χ4n) is 3.02. The van der Waals surface area contributed by atoms with Gasteiger partial charge in [0, 0.05) is 13.2 Å². The first kappa shape index (κ1) is 18.2. The smallest absolute Gasteiger partial charge is 0.310 e. The molecular formula is C18H24N2O4. The van der Waals surface area contributed by atoms with E-state index >= 15 is 0 Å². The number of nitriles is 1. The van der Waals surface area contributed by atoms with E-state index < -0.39 is 0 Å². The van der Waals surface area contributed by atoms with Crippen LogP contribution in [0.1, 0.15) is 24.0 Å². The van der Waals surface area contributed by atoms with E-state index in [1.165, 1.54) is 7.11 Å². The van der Waals surface area contributed by atoms with Gasteiger partial charge in [0.05, 0.1) is 31.3 Å². The Labute approximate surface area is 142 Å². The van der Waals surface area contributed by atoms with E-state index in [-0.39, 0.29) is 17.9 Å². The Morgan fingerprint density at radius 3 is 2.88 bits per heavy atom. The van der Waals surface area contributed by atoms with Crippen molar-refractivity contribution < 1.29 is 19.0 Å². The number of rotatable bonds is 8. The molecule has 1 aliphatic heterocycles. The van der Waals surface area contributed by atoms with Crippen molar-refractivity contribution in [2.45, 2.75) is 25.3 Å². The van der Waals surface area contributed by atoms with Crippen LogP contribution in [0.3, 0.4) is 0 Å². The van der Waals surface area contributed by atoms with Gasteiger partial charge in [-0.15, -0.1) is 0 Å². The van der Waals surface area contributed by atoms with E-state index in [2.05, 4.69) is 11.4 Å². The predicted octanol–water partition coefficient (Wildman–Crippen LogP) is 1.67. The number of nitrogens with one attached hydrogen (secondary N) is 1. The van der Waals surface area contributed by atoms with E-state index in [1.807, 2.05) is 0 Å². The van der Waals surface area contributed by atoms with Crippen molar-refractivity contribution in [2.24, 2.45) is 5.92 Å². The quantitative estimate of drug-likeness (QED) is 0.576. The number of hydrogen-bond acceptors (Lipinski definition) is 6. The van der Waals surface area contributed by atoms with Crippen LogP contribution in [-0.4, -0.2) is 46.0 Å². The van der Waals surface area contributed by atoms with Crippen molar-refractivity contribution in [3.8, 4) is 11.8 Å². The summed E-state index contributed by atoms with van der Waals surface area (Å²) in [6.45, 7) is 1.80. The summed E-state index contributed by atoms with van der Waals surface area (Å²) < 4.78 is 15.7. The Balaban J connectivity index is 2.22. The summed E-state index contributed by atoms with van der Waals surface area (Å²) in [5.74, 6) is 0.147. The SMILES string of the molecule is COCCOc1ccc(C#N)cc1C[C@@H](C(=O)OC)C1CCCN1. The first-order valence-corrected chi connectivity index (χ1v) is 8.15. The third kappa shape index (κ3) is 4.70. The molecule has 24 heavy (non-hydrogen) atoms. The fraction of sp³-hybridized carbons (Fsp3) is 0.556. The molecule has 1 fully saturated rings. The molecule has 1 heterocycles. The Hall–Kier alpha value is -2.10. The second-order valence-corrected chi connectivity index (χ2v) is 5.81. The number of benzene rings is 1. The lowest BCUT2D eigenvalue weighted by Gasteiger charge is -2.22. The fourth-order valence-corrected chi connectivity index (χ4v) is 3.02. The monoisotopic (exact) mass is 332 g/mol. The molecule has 1 aromatic carbocycles. The van der Waals surface area contributed by atoms with Crippen LogP contribution >= 0.6 is 0 Å². The Morgan fingerprint density at radius 2 is 2.25 bits per heavy atom. The maximum atomic E-state index is 12.2. The van der Waals surface area contributed by atoms with E-state index in [1.54, 1.807) is 25.3 Å². The second kappa shape index (κ2) is 9.26. The van der Waals surface area contributed by atoms with Crippen molar-refractivity contribution in [1.29, 1.82) is 5.26 Å². The average molecular weight is 332 g/mol. The third-order valence-corrected chi connectivity index (χ3v) is 4.26. The van der Waals surface area contributed by atoms with E-state index in [0.717, 1.165) is 24.9 Å². The van der Waals surface area contributed by atoms with Crippen LogP contribution in [0.4, 0.5) is 0 Å². The highest BCUT2D eigenvalue weighted by Crippen LogP contribution is 2.27. The lowest BCUT2D eigenvalue weighted by molar-refractivity contribution is -0.146. The summed E-state index contributed by atoms with van der Waals surface area (Å²) >= 11 is 0. The van der Waals surface area contributed by atoms with Crippen molar-refractivity contribution in [3.63, 3.8) is 0 Å². The average Bonchev–Trinajstić information content (AvgIpc) is 3.14. The number of carbonyl (C=O) groups is 1. The van der Waals surface area contributed by atoms with Crippen LogP contribution in [0.25, 0.3) is 0 Å². The van der Waals surface area contributed by atoms with Gasteiger partial charge in [-0.05, 0) is 49.6 Å². The Kier molecular flexibility index (Phi) is 7.04. The molecule has 6 nitrogen and oxygen atoms in total. The standard InChI is InChI=1S/C18H24N2O4/c1-22-8-9-24-17-6-5-13(12-19)10-14(17)11-15(18(21)23-2)16-4-3-7-20-16/h5-6,10,15-16,20H,3-4,7-9,11H2,1-2H3/t15-,16?/m1/s1. The van der Waals surface area contributed by atoms with Crippen LogP contribution in [0, 0.1) is 17.2 Å². The zero-order valence-corrected chi connectivity index (χ0v) is 14.2. The van der Waals surface area contributed by atoms with Gasteiger partial charge in [0.2, 0.25) is 0 Å². The molecule has 0 amide bonds. The van der Waals surface area contributed by atoms with Crippen molar-refractivity contribution >= 4 is 5.97 Å². The molecule has 6 heteroatoms. The summed E-state index contributed by atoms with van der Waals surface area (Å²) in [4.78, 5) is 12.2. The highest BCUT2D eigenvalue weighted by atomic mass is 16.5. The third-order valence-electron chi connectivity index (χ3n) is 4.26. The van der Waals surface area contributed by atoms with E-state index in [0.29, 0.717) is 30.9 Å². The van der Waals surface area contributed by atoms with Crippen LogP contribution in [0.15, 0.2) is 18.2 Å². The van der Waals surface area contributed by atoms with Crippen molar-refractivity contribution in [3.05, 3.63) is 29.3 Å². The molecule has 1 aromatic rings. The lowest BCUT2D eigenvalue weighted by atomic mass is 9.90. The predicted molar refractivity (Wildman–Crippen MR) is 88.8 cm³/mol. The number of nitrogens with zero attached hydrogens (tertiary/aromatic N) is 1. The first-order chi connectivity index (χ1) is 11.7. The minimum atomic E-state index is -0.295. The van der Waals surface area contributed by atoms with Gasteiger partial charge in [0.25, 0.3) is 0 Å². The first-order valence-electron chi connectivity index (χ1n) is 8.15. The molecule has 0 aromatic heterocycles. The van der Waals surface area contributed by atoms with Gasteiger partial charge >= 0.3 is 5.97 Å². The molecule has 0 spiro atoms. The Bertz CT molecular complexity index is 591. The van der Waals surface area contributed by atoms with Gasteiger partial charge < -0.3 is 19.5 Å². The van der Waals surface area contributed by atoms with Gasteiger partial charge in [-0.1, -0.05) is 0 Å².